The first kappa shape index (κ1) is 18.7. The molecule has 0 aliphatic carbocycles. The van der Waals surface area contributed by atoms with Gasteiger partial charge in [-0.15, -0.1) is 0 Å². The van der Waals surface area contributed by atoms with Crippen LogP contribution in [0.4, 0.5) is 20.4 Å². The summed E-state index contributed by atoms with van der Waals surface area (Å²) in [6.45, 7) is 4.55. The number of pyridine rings is 1. The van der Waals surface area contributed by atoms with E-state index in [0.29, 0.717) is 34.8 Å². The predicted octanol–water partition coefficient (Wildman–Crippen LogP) is 3.36. The van der Waals surface area contributed by atoms with Crippen molar-refractivity contribution in [2.45, 2.75) is 26.9 Å². The van der Waals surface area contributed by atoms with E-state index in [2.05, 4.69) is 25.4 Å². The molecule has 4 rings (SSSR count). The van der Waals surface area contributed by atoms with Gasteiger partial charge in [-0.05, 0) is 37.1 Å². The summed E-state index contributed by atoms with van der Waals surface area (Å²) in [6.07, 6.45) is 3.16. The SMILES string of the molecule is Cc1cc(N)nc(C)c1CNc1ncnc2nn(Cc3ccc(F)cc3F)cc12. The summed E-state index contributed by atoms with van der Waals surface area (Å²) in [4.78, 5) is 12.8. The Balaban J connectivity index is 1.60. The minimum atomic E-state index is -0.615. The third-order valence-corrected chi connectivity index (χ3v) is 4.72. The van der Waals surface area contributed by atoms with E-state index >= 15 is 0 Å². The fourth-order valence-electron chi connectivity index (χ4n) is 3.26. The van der Waals surface area contributed by atoms with Gasteiger partial charge in [-0.1, -0.05) is 6.07 Å². The molecule has 0 radical (unpaired) electrons. The molecule has 0 unspecified atom stereocenters. The zero-order chi connectivity index (χ0) is 20.5. The van der Waals surface area contributed by atoms with Crippen molar-refractivity contribution in [2.75, 3.05) is 11.1 Å². The largest absolute Gasteiger partial charge is 0.384 e. The zero-order valence-electron chi connectivity index (χ0n) is 15.9. The number of nitrogens with one attached hydrogen (secondary N) is 1. The Morgan fingerprint density at radius 2 is 1.97 bits per heavy atom. The Morgan fingerprint density at radius 1 is 1.14 bits per heavy atom. The van der Waals surface area contributed by atoms with Gasteiger partial charge in [-0.2, -0.15) is 5.10 Å². The molecule has 0 aliphatic heterocycles. The van der Waals surface area contributed by atoms with Crippen molar-refractivity contribution in [3.63, 3.8) is 0 Å². The molecule has 9 heteroatoms. The van der Waals surface area contributed by atoms with Gasteiger partial charge >= 0.3 is 0 Å². The van der Waals surface area contributed by atoms with Gasteiger partial charge in [-0.3, -0.25) is 4.68 Å². The number of hydrogen-bond donors (Lipinski definition) is 2. The van der Waals surface area contributed by atoms with Gasteiger partial charge < -0.3 is 11.1 Å². The molecule has 3 N–H and O–H groups in total. The minimum absolute atomic E-state index is 0.155. The van der Waals surface area contributed by atoms with E-state index < -0.39 is 11.6 Å². The Bertz CT molecular complexity index is 1180. The number of nitrogens with zero attached hydrogens (tertiary/aromatic N) is 5. The lowest BCUT2D eigenvalue weighted by molar-refractivity contribution is 0.559. The summed E-state index contributed by atoms with van der Waals surface area (Å²) in [5, 5.41) is 8.36. The van der Waals surface area contributed by atoms with Gasteiger partial charge in [-0.25, -0.2) is 23.7 Å². The lowest BCUT2D eigenvalue weighted by Crippen LogP contribution is -2.08. The van der Waals surface area contributed by atoms with Crippen LogP contribution >= 0.6 is 0 Å². The van der Waals surface area contributed by atoms with E-state index in [4.69, 9.17) is 5.73 Å². The quantitative estimate of drug-likeness (QED) is 0.538. The van der Waals surface area contributed by atoms with Crippen LogP contribution in [0.25, 0.3) is 11.0 Å². The van der Waals surface area contributed by atoms with Crippen LogP contribution in [0.5, 0.6) is 0 Å². The number of benzene rings is 1. The molecule has 0 saturated heterocycles. The molecule has 0 saturated carbocycles. The van der Waals surface area contributed by atoms with E-state index in [1.54, 1.807) is 10.9 Å². The average Bonchev–Trinajstić information content (AvgIpc) is 3.06. The molecule has 1 aromatic carbocycles. The molecule has 29 heavy (non-hydrogen) atoms. The highest BCUT2D eigenvalue weighted by atomic mass is 19.1. The van der Waals surface area contributed by atoms with Crippen molar-refractivity contribution in [1.29, 1.82) is 0 Å². The van der Waals surface area contributed by atoms with Crippen molar-refractivity contribution in [1.82, 2.24) is 24.7 Å². The first-order valence-corrected chi connectivity index (χ1v) is 8.99. The maximum absolute atomic E-state index is 13.9. The third kappa shape index (κ3) is 3.84. The molecule has 7 nitrogen and oxygen atoms in total. The van der Waals surface area contributed by atoms with Gasteiger partial charge in [0.25, 0.3) is 0 Å². The molecule has 148 valence electrons. The smallest absolute Gasteiger partial charge is 0.186 e. The van der Waals surface area contributed by atoms with E-state index in [0.717, 1.165) is 22.9 Å². The van der Waals surface area contributed by atoms with Crippen LogP contribution in [-0.4, -0.2) is 24.7 Å². The van der Waals surface area contributed by atoms with Crippen molar-refractivity contribution < 1.29 is 8.78 Å². The highest BCUT2D eigenvalue weighted by Crippen LogP contribution is 2.22. The molecule has 0 atom stereocenters. The van der Waals surface area contributed by atoms with Gasteiger partial charge in [0.15, 0.2) is 5.65 Å². The number of hydrogen-bond acceptors (Lipinski definition) is 6. The van der Waals surface area contributed by atoms with E-state index in [9.17, 15) is 8.78 Å². The number of nitrogen functional groups attached to an aromatic ring is 1. The Hall–Kier alpha value is -3.62. The summed E-state index contributed by atoms with van der Waals surface area (Å²) < 4.78 is 28.6. The second kappa shape index (κ2) is 7.42. The monoisotopic (exact) mass is 395 g/mol. The highest BCUT2D eigenvalue weighted by Gasteiger charge is 2.12. The van der Waals surface area contributed by atoms with Crippen LogP contribution < -0.4 is 11.1 Å². The number of halogens is 2. The molecule has 0 fully saturated rings. The second-order valence-corrected chi connectivity index (χ2v) is 6.80. The van der Waals surface area contributed by atoms with E-state index in [1.807, 2.05) is 19.9 Å². The standard InChI is InChI=1S/C20H19F2N7/c1-11-5-18(23)27-12(2)15(11)7-24-19-16-9-29(28-20(16)26-10-25-19)8-13-3-4-14(21)6-17(13)22/h3-6,9-10H,7-8H2,1-2H3,(H2,23,27)(H,24,25,26,28). The average molecular weight is 395 g/mol. The minimum Gasteiger partial charge on any atom is -0.384 e. The van der Waals surface area contributed by atoms with Gasteiger partial charge in [0.2, 0.25) is 0 Å². The fraction of sp³-hybridized carbons (Fsp3) is 0.200. The number of anilines is 2. The number of aromatic nitrogens is 5. The number of aryl methyl sites for hydroxylation is 2. The Kier molecular flexibility index (Phi) is 4.79. The van der Waals surface area contributed by atoms with Crippen LogP contribution in [0.15, 0.2) is 36.8 Å². The summed E-state index contributed by atoms with van der Waals surface area (Å²) in [6, 6.07) is 5.31. The summed E-state index contributed by atoms with van der Waals surface area (Å²) in [5.41, 5.74) is 9.52. The molecule has 0 spiro atoms. The normalized spacial score (nSPS) is 11.2. The molecule has 3 aromatic heterocycles. The maximum Gasteiger partial charge on any atom is 0.186 e. The van der Waals surface area contributed by atoms with Crippen LogP contribution in [0.3, 0.4) is 0 Å². The maximum atomic E-state index is 13.9. The third-order valence-electron chi connectivity index (χ3n) is 4.72. The van der Waals surface area contributed by atoms with Crippen LogP contribution in [-0.2, 0) is 13.1 Å². The molecule has 0 aliphatic rings. The summed E-state index contributed by atoms with van der Waals surface area (Å²) in [7, 11) is 0. The number of fused-ring (bicyclic) bond motifs is 1. The van der Waals surface area contributed by atoms with Crippen molar-refractivity contribution >= 4 is 22.7 Å². The molecule has 0 amide bonds. The zero-order valence-corrected chi connectivity index (χ0v) is 15.9. The van der Waals surface area contributed by atoms with Crippen molar-refractivity contribution in [2.24, 2.45) is 0 Å². The highest BCUT2D eigenvalue weighted by molar-refractivity contribution is 5.85. The van der Waals surface area contributed by atoms with Crippen molar-refractivity contribution in [3.8, 4) is 0 Å². The summed E-state index contributed by atoms with van der Waals surface area (Å²) >= 11 is 0. The lowest BCUT2D eigenvalue weighted by Gasteiger charge is -2.12. The molecule has 4 aromatic rings. The van der Waals surface area contributed by atoms with Crippen LogP contribution in [0, 0.1) is 25.5 Å². The fourth-order valence-corrected chi connectivity index (χ4v) is 3.26. The molecule has 0 bridgehead atoms. The first-order chi connectivity index (χ1) is 13.9. The molecular weight excluding hydrogens is 376 g/mol. The predicted molar refractivity (Wildman–Crippen MR) is 106 cm³/mol. The number of nitrogens with two attached hydrogens (primary N) is 1. The molecule has 3 heterocycles. The topological polar surface area (TPSA) is 94.5 Å². The summed E-state index contributed by atoms with van der Waals surface area (Å²) in [5.74, 6) is -0.133. The first-order valence-electron chi connectivity index (χ1n) is 8.99. The number of rotatable bonds is 5. The lowest BCUT2D eigenvalue weighted by atomic mass is 10.1. The van der Waals surface area contributed by atoms with Crippen LogP contribution in [0.2, 0.25) is 0 Å². The van der Waals surface area contributed by atoms with Crippen molar-refractivity contribution in [3.05, 3.63) is 70.8 Å². The second-order valence-electron chi connectivity index (χ2n) is 6.80. The Labute approximate surface area is 165 Å². The van der Waals surface area contributed by atoms with E-state index in [-0.39, 0.29) is 6.54 Å². The van der Waals surface area contributed by atoms with Crippen LogP contribution in [0.1, 0.15) is 22.4 Å². The van der Waals surface area contributed by atoms with E-state index in [1.165, 1.54) is 18.5 Å². The van der Waals surface area contributed by atoms with Gasteiger partial charge in [0.05, 0.1) is 11.9 Å². The Morgan fingerprint density at radius 3 is 2.72 bits per heavy atom. The van der Waals surface area contributed by atoms with Gasteiger partial charge in [0, 0.05) is 30.1 Å². The molecular formula is C20H19F2N7. The van der Waals surface area contributed by atoms with Gasteiger partial charge in [0.1, 0.15) is 29.6 Å².